The van der Waals surface area contributed by atoms with Crippen molar-refractivity contribution in [3.05, 3.63) is 12.2 Å². The van der Waals surface area contributed by atoms with E-state index < -0.39 is 0 Å². The van der Waals surface area contributed by atoms with E-state index in [1.165, 1.54) is 6.08 Å². The van der Waals surface area contributed by atoms with Gasteiger partial charge in [-0.15, -0.1) is 0 Å². The van der Waals surface area contributed by atoms with Gasteiger partial charge in [-0.25, -0.2) is 4.79 Å². The summed E-state index contributed by atoms with van der Waals surface area (Å²) < 4.78 is 10.0. The van der Waals surface area contributed by atoms with Gasteiger partial charge in [-0.3, -0.25) is 0 Å². The molecule has 0 amide bonds. The molecule has 1 aliphatic heterocycles. The third-order valence-electron chi connectivity index (χ3n) is 1.90. The second-order valence-electron chi connectivity index (χ2n) is 3.04. The summed E-state index contributed by atoms with van der Waals surface area (Å²) in [7, 11) is 0. The molecular weight excluding hydrogens is 168 g/mol. The molecule has 1 rings (SSSR count). The lowest BCUT2D eigenvalue weighted by Crippen LogP contribution is -2.00. The summed E-state index contributed by atoms with van der Waals surface area (Å²) in [6.07, 6.45) is 5.88. The Labute approximate surface area is 78.7 Å². The molecule has 13 heavy (non-hydrogen) atoms. The van der Waals surface area contributed by atoms with E-state index >= 15 is 0 Å². The van der Waals surface area contributed by atoms with Gasteiger partial charge in [-0.05, 0) is 19.4 Å². The smallest absolute Gasteiger partial charge is 0.330 e. The molecule has 1 heterocycles. The minimum Gasteiger partial charge on any atom is -0.463 e. The molecule has 0 saturated carbocycles. The minimum atomic E-state index is -0.284. The van der Waals surface area contributed by atoms with Crippen LogP contribution in [-0.2, 0) is 14.3 Å². The number of hydrogen-bond donors (Lipinski definition) is 0. The Hall–Kier alpha value is -0.830. The van der Waals surface area contributed by atoms with E-state index in [1.807, 2.05) is 0 Å². The Bertz CT molecular complexity index is 198. The van der Waals surface area contributed by atoms with Gasteiger partial charge in [0, 0.05) is 6.08 Å². The molecular formula is C10H16O3. The Morgan fingerprint density at radius 3 is 2.92 bits per heavy atom. The van der Waals surface area contributed by atoms with Crippen molar-refractivity contribution >= 4 is 5.97 Å². The van der Waals surface area contributed by atoms with E-state index in [-0.39, 0.29) is 12.1 Å². The first kappa shape index (κ1) is 10.3. The van der Waals surface area contributed by atoms with Gasteiger partial charge in [0.15, 0.2) is 0 Å². The zero-order valence-electron chi connectivity index (χ0n) is 8.16. The zero-order valence-corrected chi connectivity index (χ0v) is 8.16. The van der Waals surface area contributed by atoms with Crippen molar-refractivity contribution in [3.8, 4) is 0 Å². The van der Waals surface area contributed by atoms with E-state index in [9.17, 15) is 4.79 Å². The number of hydrogen-bond acceptors (Lipinski definition) is 3. The van der Waals surface area contributed by atoms with Crippen LogP contribution >= 0.6 is 0 Å². The van der Waals surface area contributed by atoms with Crippen molar-refractivity contribution in [2.45, 2.75) is 38.9 Å². The van der Waals surface area contributed by atoms with Gasteiger partial charge in [0.05, 0.1) is 12.7 Å². The highest BCUT2D eigenvalue weighted by atomic mass is 16.6. The van der Waals surface area contributed by atoms with Crippen LogP contribution in [0.3, 0.4) is 0 Å². The molecule has 0 N–H and O–H groups in total. The van der Waals surface area contributed by atoms with Crippen LogP contribution in [0.4, 0.5) is 0 Å². The Balaban J connectivity index is 2.15. The van der Waals surface area contributed by atoms with Crippen LogP contribution in [0.2, 0.25) is 0 Å². The molecule has 1 aliphatic rings. The van der Waals surface area contributed by atoms with Crippen LogP contribution in [0.1, 0.15) is 26.7 Å². The molecule has 2 atom stereocenters. The van der Waals surface area contributed by atoms with E-state index in [0.717, 1.165) is 12.8 Å². The van der Waals surface area contributed by atoms with E-state index in [1.54, 1.807) is 13.0 Å². The van der Waals surface area contributed by atoms with Gasteiger partial charge < -0.3 is 9.47 Å². The third-order valence-corrected chi connectivity index (χ3v) is 1.90. The highest BCUT2D eigenvalue weighted by Crippen LogP contribution is 2.27. The number of carbonyl (C=O) groups is 1. The Kier molecular flexibility index (Phi) is 3.96. The summed E-state index contributed by atoms with van der Waals surface area (Å²) >= 11 is 0. The average molecular weight is 184 g/mol. The van der Waals surface area contributed by atoms with Crippen molar-refractivity contribution in [1.82, 2.24) is 0 Å². The molecule has 0 unspecified atom stereocenters. The van der Waals surface area contributed by atoms with Gasteiger partial charge in [0.25, 0.3) is 0 Å². The predicted octanol–water partition coefficient (Wildman–Crippen LogP) is 1.67. The molecule has 0 aliphatic carbocycles. The van der Waals surface area contributed by atoms with Crippen molar-refractivity contribution < 1.29 is 14.3 Å². The molecule has 3 heteroatoms. The highest BCUT2D eigenvalue weighted by Gasteiger charge is 2.35. The van der Waals surface area contributed by atoms with Crippen molar-refractivity contribution in [2.75, 3.05) is 6.61 Å². The fraction of sp³-hybridized carbons (Fsp3) is 0.700. The molecule has 1 saturated heterocycles. The van der Waals surface area contributed by atoms with E-state index in [0.29, 0.717) is 12.7 Å². The fourth-order valence-corrected chi connectivity index (χ4v) is 1.21. The number of epoxide rings is 1. The number of rotatable bonds is 5. The van der Waals surface area contributed by atoms with Gasteiger partial charge in [0.1, 0.15) is 6.10 Å². The highest BCUT2D eigenvalue weighted by molar-refractivity contribution is 5.82. The second-order valence-corrected chi connectivity index (χ2v) is 3.04. The maximum atomic E-state index is 10.9. The normalized spacial score (nSPS) is 26.3. The zero-order chi connectivity index (χ0) is 9.68. The summed E-state index contributed by atoms with van der Waals surface area (Å²) in [4.78, 5) is 10.9. The number of carbonyl (C=O) groups excluding carboxylic acids is 1. The molecule has 0 aromatic heterocycles. The predicted molar refractivity (Wildman–Crippen MR) is 49.3 cm³/mol. The maximum absolute atomic E-state index is 10.9. The maximum Gasteiger partial charge on any atom is 0.330 e. The summed E-state index contributed by atoms with van der Waals surface area (Å²) in [5.74, 6) is -0.284. The van der Waals surface area contributed by atoms with Crippen LogP contribution in [0.5, 0.6) is 0 Å². The summed E-state index contributed by atoms with van der Waals surface area (Å²) in [5, 5.41) is 0. The first-order chi connectivity index (χ1) is 6.27. The largest absolute Gasteiger partial charge is 0.463 e. The van der Waals surface area contributed by atoms with Gasteiger partial charge in [0.2, 0.25) is 0 Å². The summed E-state index contributed by atoms with van der Waals surface area (Å²) in [6.45, 7) is 4.33. The first-order valence-electron chi connectivity index (χ1n) is 4.78. The molecule has 0 bridgehead atoms. The van der Waals surface area contributed by atoms with Crippen LogP contribution in [0.25, 0.3) is 0 Å². The topological polar surface area (TPSA) is 38.8 Å². The van der Waals surface area contributed by atoms with Crippen LogP contribution in [0.15, 0.2) is 12.2 Å². The van der Waals surface area contributed by atoms with Gasteiger partial charge in [-0.1, -0.05) is 13.3 Å². The van der Waals surface area contributed by atoms with Crippen molar-refractivity contribution in [2.24, 2.45) is 0 Å². The third kappa shape index (κ3) is 3.59. The lowest BCUT2D eigenvalue weighted by atomic mass is 10.2. The van der Waals surface area contributed by atoms with Crippen LogP contribution in [-0.4, -0.2) is 24.8 Å². The second kappa shape index (κ2) is 5.02. The fourth-order valence-electron chi connectivity index (χ4n) is 1.21. The molecule has 0 spiro atoms. The van der Waals surface area contributed by atoms with Gasteiger partial charge >= 0.3 is 5.97 Å². The average Bonchev–Trinajstić information content (AvgIpc) is 2.82. The summed E-state index contributed by atoms with van der Waals surface area (Å²) in [6, 6.07) is 0. The molecule has 74 valence electrons. The Morgan fingerprint density at radius 1 is 1.54 bits per heavy atom. The standard InChI is InChI=1S/C10H16O3/c1-3-5-8-9(13-8)6-7-10(11)12-4-2/h6-9H,3-5H2,1-2H3/b7-6+/t8-,9-/m0/s1. The van der Waals surface area contributed by atoms with Crippen LogP contribution < -0.4 is 0 Å². The first-order valence-corrected chi connectivity index (χ1v) is 4.78. The van der Waals surface area contributed by atoms with Crippen LogP contribution in [0, 0.1) is 0 Å². The van der Waals surface area contributed by atoms with E-state index in [4.69, 9.17) is 9.47 Å². The van der Waals surface area contributed by atoms with Gasteiger partial charge in [-0.2, -0.15) is 0 Å². The van der Waals surface area contributed by atoms with Crippen molar-refractivity contribution in [1.29, 1.82) is 0 Å². The summed E-state index contributed by atoms with van der Waals surface area (Å²) in [5.41, 5.74) is 0. The number of esters is 1. The number of ether oxygens (including phenoxy) is 2. The molecule has 0 radical (unpaired) electrons. The lowest BCUT2D eigenvalue weighted by Gasteiger charge is -1.92. The molecule has 0 aromatic rings. The lowest BCUT2D eigenvalue weighted by molar-refractivity contribution is -0.137. The SMILES string of the molecule is CCC[C@@H]1O[C@H]1/C=C/C(=O)OCC. The minimum absolute atomic E-state index is 0.143. The quantitative estimate of drug-likeness (QED) is 0.370. The molecule has 3 nitrogen and oxygen atoms in total. The molecule has 0 aromatic carbocycles. The monoisotopic (exact) mass is 184 g/mol. The Morgan fingerprint density at radius 2 is 2.31 bits per heavy atom. The van der Waals surface area contributed by atoms with E-state index in [2.05, 4.69) is 6.92 Å². The molecule has 1 fully saturated rings. The van der Waals surface area contributed by atoms with Crippen molar-refractivity contribution in [3.63, 3.8) is 0 Å².